The lowest BCUT2D eigenvalue weighted by Crippen LogP contribution is -2.18. The van der Waals surface area contributed by atoms with E-state index in [0.717, 1.165) is 5.56 Å². The number of rotatable bonds is 4. The van der Waals surface area contributed by atoms with Crippen molar-refractivity contribution in [2.24, 2.45) is 0 Å². The minimum atomic E-state index is -0.187. The molecule has 0 atom stereocenters. The molecular formula is C16H18N6O2. The second kappa shape index (κ2) is 6.23. The van der Waals surface area contributed by atoms with E-state index in [0.29, 0.717) is 28.8 Å². The second-order valence-electron chi connectivity index (χ2n) is 5.65. The Morgan fingerprint density at radius 3 is 2.83 bits per heavy atom. The Kier molecular flexibility index (Phi) is 4.11. The van der Waals surface area contributed by atoms with Gasteiger partial charge in [0.2, 0.25) is 0 Å². The maximum atomic E-state index is 11.8. The van der Waals surface area contributed by atoms with Gasteiger partial charge in [-0.05, 0) is 19.1 Å². The van der Waals surface area contributed by atoms with Crippen LogP contribution < -0.4 is 5.32 Å². The third-order valence-electron chi connectivity index (χ3n) is 3.65. The molecule has 0 aromatic carbocycles. The standard InChI is InChI=1S/C16H18N6O2/c1-9(2)14-20-16(24-21-14)11-5-6-18-13(7-11)22-10(3)12(8-19-22)15(23)17-4/h5-9H,1-4H3,(H,17,23). The number of nitrogens with zero attached hydrogens (tertiary/aromatic N) is 5. The molecule has 0 saturated heterocycles. The molecule has 124 valence electrons. The van der Waals surface area contributed by atoms with Gasteiger partial charge in [0.25, 0.3) is 11.8 Å². The highest BCUT2D eigenvalue weighted by molar-refractivity contribution is 5.94. The highest BCUT2D eigenvalue weighted by atomic mass is 16.5. The molecule has 0 saturated carbocycles. The van der Waals surface area contributed by atoms with Gasteiger partial charge in [-0.2, -0.15) is 10.1 Å². The first-order valence-corrected chi connectivity index (χ1v) is 7.58. The van der Waals surface area contributed by atoms with E-state index in [4.69, 9.17) is 4.52 Å². The SMILES string of the molecule is CNC(=O)c1cnn(-c2cc(-c3nc(C(C)C)no3)ccn2)c1C. The van der Waals surface area contributed by atoms with Gasteiger partial charge in [0.05, 0.1) is 17.5 Å². The van der Waals surface area contributed by atoms with Gasteiger partial charge in [-0.3, -0.25) is 4.79 Å². The molecule has 3 aromatic heterocycles. The summed E-state index contributed by atoms with van der Waals surface area (Å²) in [5.74, 6) is 1.66. The highest BCUT2D eigenvalue weighted by Crippen LogP contribution is 2.22. The summed E-state index contributed by atoms with van der Waals surface area (Å²) in [6, 6.07) is 3.59. The fraction of sp³-hybridized carbons (Fsp3) is 0.312. The molecule has 3 heterocycles. The summed E-state index contributed by atoms with van der Waals surface area (Å²) in [5.41, 5.74) is 1.95. The van der Waals surface area contributed by atoms with Gasteiger partial charge in [-0.15, -0.1) is 0 Å². The topological polar surface area (TPSA) is 98.7 Å². The molecule has 0 unspecified atom stereocenters. The van der Waals surface area contributed by atoms with E-state index in [1.807, 2.05) is 20.8 Å². The van der Waals surface area contributed by atoms with Gasteiger partial charge in [0.15, 0.2) is 11.6 Å². The van der Waals surface area contributed by atoms with Crippen LogP contribution in [0.2, 0.25) is 0 Å². The van der Waals surface area contributed by atoms with Crippen LogP contribution >= 0.6 is 0 Å². The van der Waals surface area contributed by atoms with Gasteiger partial charge < -0.3 is 9.84 Å². The van der Waals surface area contributed by atoms with Crippen LogP contribution in [-0.4, -0.2) is 37.9 Å². The van der Waals surface area contributed by atoms with E-state index in [1.165, 1.54) is 6.20 Å². The fourth-order valence-corrected chi connectivity index (χ4v) is 2.25. The number of hydrogen-bond donors (Lipinski definition) is 1. The van der Waals surface area contributed by atoms with E-state index < -0.39 is 0 Å². The minimum Gasteiger partial charge on any atom is -0.355 e. The zero-order chi connectivity index (χ0) is 17.3. The van der Waals surface area contributed by atoms with Crippen molar-refractivity contribution in [1.29, 1.82) is 0 Å². The first-order chi connectivity index (χ1) is 11.5. The molecule has 0 spiro atoms. The minimum absolute atomic E-state index is 0.187. The van der Waals surface area contributed by atoms with Crippen LogP contribution in [0.5, 0.6) is 0 Å². The Morgan fingerprint density at radius 1 is 1.38 bits per heavy atom. The van der Waals surface area contributed by atoms with Crippen molar-refractivity contribution < 1.29 is 9.32 Å². The molecule has 0 fully saturated rings. The zero-order valence-corrected chi connectivity index (χ0v) is 13.9. The van der Waals surface area contributed by atoms with Crippen molar-refractivity contribution in [3.8, 4) is 17.3 Å². The average molecular weight is 326 g/mol. The highest BCUT2D eigenvalue weighted by Gasteiger charge is 2.16. The van der Waals surface area contributed by atoms with E-state index in [1.54, 1.807) is 30.1 Å². The number of pyridine rings is 1. The molecule has 1 amide bonds. The fourth-order valence-electron chi connectivity index (χ4n) is 2.25. The zero-order valence-electron chi connectivity index (χ0n) is 13.9. The van der Waals surface area contributed by atoms with E-state index >= 15 is 0 Å². The monoisotopic (exact) mass is 326 g/mol. The van der Waals surface area contributed by atoms with E-state index in [9.17, 15) is 4.79 Å². The Bertz CT molecular complexity index is 880. The van der Waals surface area contributed by atoms with Crippen LogP contribution in [-0.2, 0) is 0 Å². The van der Waals surface area contributed by atoms with Gasteiger partial charge in [-0.25, -0.2) is 9.67 Å². The Labute approximate surface area is 138 Å². The van der Waals surface area contributed by atoms with Gasteiger partial charge in [-0.1, -0.05) is 19.0 Å². The third-order valence-corrected chi connectivity index (χ3v) is 3.65. The molecule has 0 radical (unpaired) electrons. The summed E-state index contributed by atoms with van der Waals surface area (Å²) in [5, 5.41) is 10.8. The molecule has 0 aliphatic rings. The third kappa shape index (κ3) is 2.78. The summed E-state index contributed by atoms with van der Waals surface area (Å²) in [4.78, 5) is 20.5. The second-order valence-corrected chi connectivity index (χ2v) is 5.65. The average Bonchev–Trinajstić information content (AvgIpc) is 3.21. The number of carbonyl (C=O) groups is 1. The normalized spacial score (nSPS) is 11.0. The van der Waals surface area contributed by atoms with Crippen LogP contribution in [0.1, 0.15) is 41.6 Å². The van der Waals surface area contributed by atoms with Crippen molar-refractivity contribution in [2.45, 2.75) is 26.7 Å². The van der Waals surface area contributed by atoms with Crippen LogP contribution in [0.4, 0.5) is 0 Å². The predicted octanol–water partition coefficient (Wildman–Crippen LogP) is 2.11. The van der Waals surface area contributed by atoms with Crippen molar-refractivity contribution in [3.63, 3.8) is 0 Å². The predicted molar refractivity (Wildman–Crippen MR) is 86.9 cm³/mol. The molecule has 3 rings (SSSR count). The number of carbonyl (C=O) groups excluding carboxylic acids is 1. The molecule has 0 bridgehead atoms. The summed E-state index contributed by atoms with van der Waals surface area (Å²) < 4.78 is 6.92. The number of aromatic nitrogens is 5. The Hall–Kier alpha value is -3.03. The molecule has 1 N–H and O–H groups in total. The van der Waals surface area contributed by atoms with Crippen LogP contribution in [0.15, 0.2) is 29.0 Å². The van der Waals surface area contributed by atoms with Crippen LogP contribution in [0.3, 0.4) is 0 Å². The molecule has 8 nitrogen and oxygen atoms in total. The number of hydrogen-bond acceptors (Lipinski definition) is 6. The quantitative estimate of drug-likeness (QED) is 0.788. The maximum absolute atomic E-state index is 11.8. The lowest BCUT2D eigenvalue weighted by Gasteiger charge is -2.05. The summed E-state index contributed by atoms with van der Waals surface area (Å²) in [7, 11) is 1.58. The number of amides is 1. The number of nitrogens with one attached hydrogen (secondary N) is 1. The Morgan fingerprint density at radius 2 is 2.17 bits per heavy atom. The van der Waals surface area contributed by atoms with Gasteiger partial charge in [0.1, 0.15) is 0 Å². The lowest BCUT2D eigenvalue weighted by atomic mass is 10.2. The molecule has 0 aliphatic carbocycles. The maximum Gasteiger partial charge on any atom is 0.258 e. The molecule has 0 aliphatic heterocycles. The van der Waals surface area contributed by atoms with E-state index in [-0.39, 0.29) is 11.8 Å². The van der Waals surface area contributed by atoms with Crippen LogP contribution in [0, 0.1) is 6.92 Å². The van der Waals surface area contributed by atoms with E-state index in [2.05, 4.69) is 25.5 Å². The van der Waals surface area contributed by atoms with Gasteiger partial charge >= 0.3 is 0 Å². The van der Waals surface area contributed by atoms with Crippen molar-refractivity contribution in [3.05, 3.63) is 41.6 Å². The molecular weight excluding hydrogens is 308 g/mol. The van der Waals surface area contributed by atoms with Crippen LogP contribution in [0.25, 0.3) is 17.3 Å². The van der Waals surface area contributed by atoms with Gasteiger partial charge in [0, 0.05) is 24.7 Å². The lowest BCUT2D eigenvalue weighted by molar-refractivity contribution is 0.0962. The smallest absolute Gasteiger partial charge is 0.258 e. The van der Waals surface area contributed by atoms with Crippen molar-refractivity contribution >= 4 is 5.91 Å². The molecule has 3 aromatic rings. The first kappa shape index (κ1) is 15.9. The van der Waals surface area contributed by atoms with Crippen molar-refractivity contribution in [1.82, 2.24) is 30.2 Å². The largest absolute Gasteiger partial charge is 0.355 e. The molecule has 8 heteroatoms. The summed E-state index contributed by atoms with van der Waals surface area (Å²) >= 11 is 0. The Balaban J connectivity index is 1.99. The summed E-state index contributed by atoms with van der Waals surface area (Å²) in [6.45, 7) is 5.82. The van der Waals surface area contributed by atoms with Crippen molar-refractivity contribution in [2.75, 3.05) is 7.05 Å². The summed E-state index contributed by atoms with van der Waals surface area (Å²) in [6.07, 6.45) is 3.16. The molecule has 24 heavy (non-hydrogen) atoms. The first-order valence-electron chi connectivity index (χ1n) is 7.58.